The number of furan rings is 1. The first kappa shape index (κ1) is 15.8. The zero-order chi connectivity index (χ0) is 15.2. The summed E-state index contributed by atoms with van der Waals surface area (Å²) in [6.45, 7) is 5.42. The number of terminal acetylenes is 1. The Balaban J connectivity index is 2.64. The minimum absolute atomic E-state index is 0.166. The second-order valence-electron chi connectivity index (χ2n) is 4.60. The second-order valence-corrected chi connectivity index (χ2v) is 4.60. The van der Waals surface area contributed by atoms with Crippen LogP contribution in [0.2, 0.25) is 0 Å². The van der Waals surface area contributed by atoms with Crippen LogP contribution in [0.25, 0.3) is 0 Å². The zero-order valence-corrected chi connectivity index (χ0v) is 12.0. The molecule has 1 rings (SSSR count). The summed E-state index contributed by atoms with van der Waals surface area (Å²) < 4.78 is 4.96. The van der Waals surface area contributed by atoms with Gasteiger partial charge in [0.25, 0.3) is 5.91 Å². The maximum absolute atomic E-state index is 12.1. The molecule has 0 fully saturated rings. The third-order valence-electron chi connectivity index (χ3n) is 3.33. The van der Waals surface area contributed by atoms with Gasteiger partial charge in [0.2, 0.25) is 5.91 Å². The molecule has 0 aliphatic rings. The standard InChI is InChI=1S/C15H20N2O3/c1-5-15(6-2,7-3)17-13(18)11(4)16-14(19)12-9-8-10-20-12/h1,8-11H,6-7H2,2-4H3,(H,16,19)(H,17,18). The number of hydrogen-bond acceptors (Lipinski definition) is 3. The van der Waals surface area contributed by atoms with Crippen LogP contribution >= 0.6 is 0 Å². The summed E-state index contributed by atoms with van der Waals surface area (Å²) in [6.07, 6.45) is 8.15. The summed E-state index contributed by atoms with van der Waals surface area (Å²) in [5.41, 5.74) is -0.666. The van der Waals surface area contributed by atoms with E-state index in [9.17, 15) is 9.59 Å². The fraction of sp³-hybridized carbons (Fsp3) is 0.467. The highest BCUT2D eigenvalue weighted by atomic mass is 16.3. The molecule has 5 nitrogen and oxygen atoms in total. The summed E-state index contributed by atoms with van der Waals surface area (Å²) in [5, 5.41) is 5.37. The second kappa shape index (κ2) is 6.80. The summed E-state index contributed by atoms with van der Waals surface area (Å²) in [4.78, 5) is 23.9. The molecule has 108 valence electrons. The molecule has 1 aromatic rings. The van der Waals surface area contributed by atoms with E-state index in [4.69, 9.17) is 10.8 Å². The van der Waals surface area contributed by atoms with Gasteiger partial charge < -0.3 is 15.1 Å². The van der Waals surface area contributed by atoms with Crippen LogP contribution < -0.4 is 10.6 Å². The van der Waals surface area contributed by atoms with Crippen LogP contribution in [0.3, 0.4) is 0 Å². The molecular formula is C15H20N2O3. The van der Waals surface area contributed by atoms with Crippen molar-refractivity contribution in [3.05, 3.63) is 24.2 Å². The van der Waals surface area contributed by atoms with Crippen LogP contribution in [0, 0.1) is 12.3 Å². The predicted molar refractivity (Wildman–Crippen MR) is 75.9 cm³/mol. The maximum Gasteiger partial charge on any atom is 0.287 e. The Bertz CT molecular complexity index is 496. The number of hydrogen-bond donors (Lipinski definition) is 2. The van der Waals surface area contributed by atoms with Gasteiger partial charge in [-0.1, -0.05) is 19.8 Å². The van der Waals surface area contributed by atoms with Gasteiger partial charge in [0, 0.05) is 0 Å². The molecule has 0 saturated carbocycles. The molecule has 5 heteroatoms. The van der Waals surface area contributed by atoms with Gasteiger partial charge in [0.1, 0.15) is 11.6 Å². The first-order chi connectivity index (χ1) is 9.48. The Kier molecular flexibility index (Phi) is 5.39. The first-order valence-corrected chi connectivity index (χ1v) is 6.62. The Morgan fingerprint density at radius 3 is 2.55 bits per heavy atom. The quantitative estimate of drug-likeness (QED) is 0.777. The Hall–Kier alpha value is -2.22. The molecule has 0 aliphatic heterocycles. The van der Waals surface area contributed by atoms with E-state index in [2.05, 4.69) is 16.6 Å². The van der Waals surface area contributed by atoms with Crippen LogP contribution in [0.15, 0.2) is 22.8 Å². The summed E-state index contributed by atoms with van der Waals surface area (Å²) in [7, 11) is 0. The molecule has 0 bridgehead atoms. The van der Waals surface area contributed by atoms with Crippen LogP contribution in [0.1, 0.15) is 44.2 Å². The van der Waals surface area contributed by atoms with Crippen molar-refractivity contribution in [3.8, 4) is 12.3 Å². The van der Waals surface area contributed by atoms with Gasteiger partial charge >= 0.3 is 0 Å². The lowest BCUT2D eigenvalue weighted by molar-refractivity contribution is -0.124. The van der Waals surface area contributed by atoms with E-state index < -0.39 is 17.5 Å². The normalized spacial score (nSPS) is 12.3. The molecule has 0 spiro atoms. The van der Waals surface area contributed by atoms with E-state index in [1.165, 1.54) is 12.3 Å². The molecule has 1 heterocycles. The van der Waals surface area contributed by atoms with Crippen LogP contribution in [0.4, 0.5) is 0 Å². The zero-order valence-electron chi connectivity index (χ0n) is 12.0. The summed E-state index contributed by atoms with van der Waals surface area (Å²) in [6, 6.07) is 2.44. The summed E-state index contributed by atoms with van der Waals surface area (Å²) >= 11 is 0. The minimum atomic E-state index is -0.696. The van der Waals surface area contributed by atoms with Crippen molar-refractivity contribution in [1.29, 1.82) is 0 Å². The Morgan fingerprint density at radius 2 is 2.10 bits per heavy atom. The third-order valence-corrected chi connectivity index (χ3v) is 3.33. The smallest absolute Gasteiger partial charge is 0.287 e. The van der Waals surface area contributed by atoms with Gasteiger partial charge in [-0.2, -0.15) is 0 Å². The van der Waals surface area contributed by atoms with Gasteiger partial charge in [0.05, 0.1) is 6.26 Å². The molecule has 2 amide bonds. The average molecular weight is 276 g/mol. The molecular weight excluding hydrogens is 256 g/mol. The van der Waals surface area contributed by atoms with Gasteiger partial charge in [0.15, 0.2) is 5.76 Å². The topological polar surface area (TPSA) is 71.3 Å². The maximum atomic E-state index is 12.1. The molecule has 1 atom stereocenters. The van der Waals surface area contributed by atoms with Crippen molar-refractivity contribution in [2.75, 3.05) is 0 Å². The average Bonchev–Trinajstić information content (AvgIpc) is 2.99. The third kappa shape index (κ3) is 3.64. The van der Waals surface area contributed by atoms with E-state index in [1.54, 1.807) is 13.0 Å². The lowest BCUT2D eigenvalue weighted by Gasteiger charge is -2.28. The van der Waals surface area contributed by atoms with E-state index in [-0.39, 0.29) is 11.7 Å². The molecule has 1 unspecified atom stereocenters. The molecule has 2 N–H and O–H groups in total. The van der Waals surface area contributed by atoms with Crippen molar-refractivity contribution in [2.45, 2.75) is 45.2 Å². The minimum Gasteiger partial charge on any atom is -0.459 e. The van der Waals surface area contributed by atoms with Crippen molar-refractivity contribution < 1.29 is 14.0 Å². The van der Waals surface area contributed by atoms with E-state index >= 15 is 0 Å². The SMILES string of the molecule is C#CC(CC)(CC)NC(=O)C(C)NC(=O)c1ccco1. The molecule has 0 saturated heterocycles. The van der Waals surface area contributed by atoms with E-state index in [1.807, 2.05) is 13.8 Å². The fourth-order valence-electron chi connectivity index (χ4n) is 1.75. The van der Waals surface area contributed by atoms with Crippen LogP contribution in [-0.2, 0) is 4.79 Å². The lowest BCUT2D eigenvalue weighted by Crippen LogP contribution is -2.53. The Labute approximate surface area is 119 Å². The number of amides is 2. The Morgan fingerprint density at radius 1 is 1.45 bits per heavy atom. The highest BCUT2D eigenvalue weighted by Gasteiger charge is 2.28. The van der Waals surface area contributed by atoms with Crippen molar-refractivity contribution in [3.63, 3.8) is 0 Å². The highest BCUT2D eigenvalue weighted by Crippen LogP contribution is 2.13. The largest absolute Gasteiger partial charge is 0.459 e. The number of rotatable bonds is 6. The number of carbonyl (C=O) groups is 2. The van der Waals surface area contributed by atoms with Crippen molar-refractivity contribution in [2.24, 2.45) is 0 Å². The van der Waals surface area contributed by atoms with Crippen LogP contribution in [0.5, 0.6) is 0 Å². The summed E-state index contributed by atoms with van der Waals surface area (Å²) in [5.74, 6) is 2.04. The number of carbonyl (C=O) groups excluding carboxylic acids is 2. The molecule has 1 aromatic heterocycles. The van der Waals surface area contributed by atoms with E-state index in [0.29, 0.717) is 12.8 Å². The van der Waals surface area contributed by atoms with Crippen molar-refractivity contribution in [1.82, 2.24) is 10.6 Å². The number of nitrogens with one attached hydrogen (secondary N) is 2. The van der Waals surface area contributed by atoms with Gasteiger partial charge in [-0.15, -0.1) is 6.42 Å². The van der Waals surface area contributed by atoms with E-state index in [0.717, 1.165) is 0 Å². The molecule has 20 heavy (non-hydrogen) atoms. The predicted octanol–water partition coefficient (Wildman–Crippen LogP) is 1.71. The lowest BCUT2D eigenvalue weighted by atomic mass is 9.93. The van der Waals surface area contributed by atoms with Crippen LogP contribution in [-0.4, -0.2) is 23.4 Å². The highest BCUT2D eigenvalue weighted by molar-refractivity contribution is 5.95. The van der Waals surface area contributed by atoms with Gasteiger partial charge in [-0.25, -0.2) is 0 Å². The van der Waals surface area contributed by atoms with Crippen molar-refractivity contribution >= 4 is 11.8 Å². The van der Waals surface area contributed by atoms with Gasteiger partial charge in [-0.3, -0.25) is 9.59 Å². The molecule has 0 radical (unpaired) electrons. The molecule has 0 aliphatic carbocycles. The van der Waals surface area contributed by atoms with Gasteiger partial charge in [-0.05, 0) is 31.9 Å². The first-order valence-electron chi connectivity index (χ1n) is 6.62. The fourth-order valence-corrected chi connectivity index (χ4v) is 1.75. The monoisotopic (exact) mass is 276 g/mol. The molecule has 0 aromatic carbocycles.